The van der Waals surface area contributed by atoms with Crippen LogP contribution in [0.2, 0.25) is 0 Å². The SMILES string of the molecule is COc1ccc(-n2sc3c(O)cc(O)cc3c2=O)cc1. The van der Waals surface area contributed by atoms with Gasteiger partial charge in [-0.1, -0.05) is 0 Å². The first-order chi connectivity index (χ1) is 9.60. The number of nitrogens with zero attached hydrogens (tertiary/aromatic N) is 1. The Kier molecular flexibility index (Phi) is 2.87. The van der Waals surface area contributed by atoms with E-state index in [1.54, 1.807) is 31.4 Å². The Morgan fingerprint density at radius 2 is 1.85 bits per heavy atom. The Bertz CT molecular complexity index is 833. The van der Waals surface area contributed by atoms with Crippen molar-refractivity contribution in [3.63, 3.8) is 0 Å². The summed E-state index contributed by atoms with van der Waals surface area (Å²) >= 11 is 1.13. The van der Waals surface area contributed by atoms with E-state index in [-0.39, 0.29) is 17.1 Å². The Balaban J connectivity index is 2.23. The van der Waals surface area contributed by atoms with Gasteiger partial charge in [-0.3, -0.25) is 4.79 Å². The van der Waals surface area contributed by atoms with E-state index in [1.807, 2.05) is 0 Å². The first kappa shape index (κ1) is 12.6. The van der Waals surface area contributed by atoms with Crippen LogP contribution in [0.3, 0.4) is 0 Å². The maximum absolute atomic E-state index is 12.3. The van der Waals surface area contributed by atoms with Crippen LogP contribution in [-0.4, -0.2) is 21.3 Å². The molecule has 0 bridgehead atoms. The summed E-state index contributed by atoms with van der Waals surface area (Å²) < 4.78 is 6.98. The summed E-state index contributed by atoms with van der Waals surface area (Å²) in [5.74, 6) is 0.463. The Hall–Kier alpha value is -2.47. The fraction of sp³-hybridized carbons (Fsp3) is 0.0714. The molecule has 5 nitrogen and oxygen atoms in total. The molecule has 2 aromatic carbocycles. The van der Waals surface area contributed by atoms with Gasteiger partial charge in [0.2, 0.25) is 0 Å². The lowest BCUT2D eigenvalue weighted by Gasteiger charge is -2.02. The highest BCUT2D eigenvalue weighted by atomic mass is 32.1. The molecule has 6 heteroatoms. The molecule has 3 rings (SSSR count). The van der Waals surface area contributed by atoms with Crippen molar-refractivity contribution in [2.75, 3.05) is 7.11 Å². The van der Waals surface area contributed by atoms with Crippen molar-refractivity contribution in [3.8, 4) is 22.9 Å². The first-order valence-corrected chi connectivity index (χ1v) is 6.60. The molecule has 1 heterocycles. The van der Waals surface area contributed by atoms with Crippen LogP contribution in [0.15, 0.2) is 41.2 Å². The number of hydrogen-bond acceptors (Lipinski definition) is 5. The van der Waals surface area contributed by atoms with Gasteiger partial charge in [0.1, 0.15) is 17.2 Å². The summed E-state index contributed by atoms with van der Waals surface area (Å²) in [7, 11) is 1.57. The second-order valence-corrected chi connectivity index (χ2v) is 5.19. The maximum atomic E-state index is 12.3. The van der Waals surface area contributed by atoms with Crippen LogP contribution in [0.1, 0.15) is 0 Å². The minimum absolute atomic E-state index is 0.102. The Morgan fingerprint density at radius 1 is 1.15 bits per heavy atom. The molecule has 20 heavy (non-hydrogen) atoms. The molecule has 0 amide bonds. The van der Waals surface area contributed by atoms with Crippen LogP contribution in [0.5, 0.6) is 17.2 Å². The molecule has 0 aliphatic rings. The summed E-state index contributed by atoms with van der Waals surface area (Å²) in [6.07, 6.45) is 0. The predicted molar refractivity (Wildman–Crippen MR) is 77.3 cm³/mol. The number of aromatic hydroxyl groups is 2. The third kappa shape index (κ3) is 1.90. The van der Waals surface area contributed by atoms with Crippen molar-refractivity contribution >= 4 is 21.6 Å². The van der Waals surface area contributed by atoms with E-state index in [1.165, 1.54) is 16.1 Å². The molecule has 3 aromatic rings. The normalized spacial score (nSPS) is 10.8. The zero-order valence-corrected chi connectivity index (χ0v) is 11.3. The van der Waals surface area contributed by atoms with Gasteiger partial charge < -0.3 is 14.9 Å². The third-order valence-electron chi connectivity index (χ3n) is 2.96. The van der Waals surface area contributed by atoms with Crippen LogP contribution in [0.4, 0.5) is 0 Å². The van der Waals surface area contributed by atoms with Gasteiger partial charge in [-0.2, -0.15) is 0 Å². The number of benzene rings is 2. The third-order valence-corrected chi connectivity index (χ3v) is 4.13. The molecule has 0 unspecified atom stereocenters. The molecule has 0 fully saturated rings. The number of aromatic nitrogens is 1. The molecule has 102 valence electrons. The molecule has 0 radical (unpaired) electrons. The van der Waals surface area contributed by atoms with E-state index in [2.05, 4.69) is 0 Å². The molecule has 0 saturated carbocycles. The number of fused-ring (bicyclic) bond motifs is 1. The summed E-state index contributed by atoms with van der Waals surface area (Å²) in [6, 6.07) is 9.59. The van der Waals surface area contributed by atoms with Gasteiger partial charge in [-0.15, -0.1) is 0 Å². The predicted octanol–water partition coefficient (Wildman–Crippen LogP) is 2.47. The van der Waals surface area contributed by atoms with E-state index in [9.17, 15) is 15.0 Å². The smallest absolute Gasteiger partial charge is 0.273 e. The van der Waals surface area contributed by atoms with Gasteiger partial charge in [0.15, 0.2) is 0 Å². The molecule has 0 aliphatic carbocycles. The highest BCUT2D eigenvalue weighted by Gasteiger charge is 2.13. The molecular formula is C14H11NO4S. The zero-order valence-electron chi connectivity index (χ0n) is 10.5. The van der Waals surface area contributed by atoms with Gasteiger partial charge in [-0.25, -0.2) is 3.96 Å². The van der Waals surface area contributed by atoms with Crippen molar-refractivity contribution in [2.24, 2.45) is 0 Å². The number of ether oxygens (including phenoxy) is 1. The molecule has 0 saturated heterocycles. The van der Waals surface area contributed by atoms with E-state index in [4.69, 9.17) is 4.74 Å². The fourth-order valence-electron chi connectivity index (χ4n) is 1.98. The van der Waals surface area contributed by atoms with Gasteiger partial charge >= 0.3 is 0 Å². The average Bonchev–Trinajstić information content (AvgIpc) is 2.77. The largest absolute Gasteiger partial charge is 0.508 e. The Labute approximate surface area is 118 Å². The average molecular weight is 289 g/mol. The lowest BCUT2D eigenvalue weighted by atomic mass is 10.2. The maximum Gasteiger partial charge on any atom is 0.273 e. The van der Waals surface area contributed by atoms with Gasteiger partial charge in [0.25, 0.3) is 5.56 Å². The van der Waals surface area contributed by atoms with Gasteiger partial charge in [-0.05, 0) is 41.9 Å². The van der Waals surface area contributed by atoms with Crippen LogP contribution in [-0.2, 0) is 0 Å². The van der Waals surface area contributed by atoms with E-state index >= 15 is 0 Å². The minimum Gasteiger partial charge on any atom is -0.508 e. The number of phenols is 2. The van der Waals surface area contributed by atoms with Crippen LogP contribution in [0, 0.1) is 0 Å². The van der Waals surface area contributed by atoms with Crippen molar-refractivity contribution in [1.82, 2.24) is 3.96 Å². The van der Waals surface area contributed by atoms with E-state index in [0.717, 1.165) is 11.5 Å². The summed E-state index contributed by atoms with van der Waals surface area (Å²) in [6.45, 7) is 0. The summed E-state index contributed by atoms with van der Waals surface area (Å²) in [5, 5.41) is 19.6. The van der Waals surface area contributed by atoms with Crippen molar-refractivity contribution in [1.29, 1.82) is 0 Å². The molecular weight excluding hydrogens is 278 g/mol. The van der Waals surface area contributed by atoms with Gasteiger partial charge in [0, 0.05) is 6.07 Å². The number of rotatable bonds is 2. The summed E-state index contributed by atoms with van der Waals surface area (Å²) in [4.78, 5) is 12.3. The molecule has 0 atom stereocenters. The molecule has 0 aliphatic heterocycles. The number of phenolic OH excluding ortho intramolecular Hbond substituents is 2. The monoisotopic (exact) mass is 289 g/mol. The van der Waals surface area contributed by atoms with Crippen molar-refractivity contribution in [2.45, 2.75) is 0 Å². The standard InChI is InChI=1S/C14H11NO4S/c1-19-10-4-2-8(3-5-10)15-14(18)11-6-9(16)7-12(17)13(11)20-15/h2-7,16-17H,1H3. The minimum atomic E-state index is -0.277. The Morgan fingerprint density at radius 3 is 2.50 bits per heavy atom. The molecule has 0 spiro atoms. The van der Waals surface area contributed by atoms with Crippen molar-refractivity contribution < 1.29 is 14.9 Å². The quantitative estimate of drug-likeness (QED) is 0.760. The van der Waals surface area contributed by atoms with E-state index in [0.29, 0.717) is 21.5 Å². The number of methoxy groups -OCH3 is 1. The van der Waals surface area contributed by atoms with Crippen LogP contribution < -0.4 is 10.3 Å². The summed E-state index contributed by atoms with van der Waals surface area (Å²) in [5.41, 5.74) is 0.400. The lowest BCUT2D eigenvalue weighted by molar-refractivity contribution is 0.415. The van der Waals surface area contributed by atoms with E-state index < -0.39 is 0 Å². The molecule has 2 N–H and O–H groups in total. The highest BCUT2D eigenvalue weighted by Crippen LogP contribution is 2.32. The van der Waals surface area contributed by atoms with Crippen LogP contribution in [0.25, 0.3) is 15.8 Å². The zero-order chi connectivity index (χ0) is 14.3. The van der Waals surface area contributed by atoms with Crippen LogP contribution >= 0.6 is 11.5 Å². The van der Waals surface area contributed by atoms with Gasteiger partial charge in [0.05, 0.1) is 22.9 Å². The number of hydrogen-bond donors (Lipinski definition) is 2. The fourth-order valence-corrected chi connectivity index (χ4v) is 2.97. The highest BCUT2D eigenvalue weighted by molar-refractivity contribution is 7.14. The second-order valence-electron chi connectivity index (χ2n) is 4.23. The van der Waals surface area contributed by atoms with Crippen molar-refractivity contribution in [3.05, 3.63) is 46.8 Å². The molecule has 1 aromatic heterocycles. The second kappa shape index (κ2) is 4.57. The topological polar surface area (TPSA) is 71.7 Å². The lowest BCUT2D eigenvalue weighted by Crippen LogP contribution is -2.10. The first-order valence-electron chi connectivity index (χ1n) is 5.82.